The van der Waals surface area contributed by atoms with Gasteiger partial charge in [-0.3, -0.25) is 0 Å². The quantitative estimate of drug-likeness (QED) is 0.0853. The summed E-state index contributed by atoms with van der Waals surface area (Å²) in [5, 5.41) is 129. The highest BCUT2D eigenvalue weighted by molar-refractivity contribution is 5.20. The molecule has 3 heterocycles. The summed E-state index contributed by atoms with van der Waals surface area (Å²) < 4.78 is 37.2. The van der Waals surface area contributed by atoms with E-state index in [0.29, 0.717) is 25.7 Å². The monoisotopic (exact) mass is 947 g/mol. The van der Waals surface area contributed by atoms with Gasteiger partial charge in [0.15, 0.2) is 18.9 Å². The minimum absolute atomic E-state index is 0.0905. The van der Waals surface area contributed by atoms with Crippen LogP contribution < -0.4 is 0 Å². The van der Waals surface area contributed by atoms with Crippen LogP contribution in [0, 0.1) is 45.3 Å². The maximum Gasteiger partial charge on any atom is 0.187 e. The Hall–Kier alpha value is -0.980. The normalized spacial score (nSPS) is 52.4. The van der Waals surface area contributed by atoms with Crippen molar-refractivity contribution in [2.45, 2.75) is 223 Å². The Kier molecular flexibility index (Phi) is 15.7. The number of rotatable bonds is 13. The summed E-state index contributed by atoms with van der Waals surface area (Å²) in [7, 11) is 0. The maximum atomic E-state index is 12.7. The number of aliphatic hydroxyl groups excluding tert-OH is 12. The van der Waals surface area contributed by atoms with Gasteiger partial charge in [-0.2, -0.15) is 0 Å². The lowest BCUT2D eigenvalue weighted by Crippen LogP contribution is -2.68. The number of ether oxygens (including phenoxy) is 6. The summed E-state index contributed by atoms with van der Waals surface area (Å²) in [6, 6.07) is 0. The van der Waals surface area contributed by atoms with Crippen LogP contribution in [0.2, 0.25) is 0 Å². The van der Waals surface area contributed by atoms with Crippen molar-refractivity contribution in [2.75, 3.05) is 19.8 Å². The molecule has 3 aliphatic heterocycles. The smallest absolute Gasteiger partial charge is 0.187 e. The molecule has 4 saturated carbocycles. The summed E-state index contributed by atoms with van der Waals surface area (Å²) >= 11 is 0. The van der Waals surface area contributed by atoms with Gasteiger partial charge in [0.25, 0.3) is 0 Å². The lowest BCUT2D eigenvalue weighted by molar-refractivity contribution is -0.378. The lowest BCUT2D eigenvalue weighted by atomic mass is 9.35. The number of aliphatic hydroxyl groups is 12. The molecule has 0 spiro atoms. The summed E-state index contributed by atoms with van der Waals surface area (Å²) in [5.41, 5.74) is -1.12. The van der Waals surface area contributed by atoms with E-state index in [1.807, 2.05) is 20.8 Å². The maximum absolute atomic E-state index is 12.7. The third kappa shape index (κ3) is 8.79. The predicted molar refractivity (Wildman–Crippen MR) is 234 cm³/mol. The van der Waals surface area contributed by atoms with Gasteiger partial charge in [-0.1, -0.05) is 46.3 Å². The zero-order valence-electron chi connectivity index (χ0n) is 40.0. The fraction of sp³-hybridized carbons (Fsp3) is 0.958. The second kappa shape index (κ2) is 19.6. The molecule has 18 heteroatoms. The molecular formula is C48H82O18. The Morgan fingerprint density at radius 1 is 0.606 bits per heavy atom. The van der Waals surface area contributed by atoms with E-state index in [2.05, 4.69) is 40.7 Å². The zero-order chi connectivity index (χ0) is 48.6. The van der Waals surface area contributed by atoms with E-state index in [9.17, 15) is 61.3 Å². The first-order valence-electron chi connectivity index (χ1n) is 24.4. The molecular weight excluding hydrogens is 865 g/mol. The van der Waals surface area contributed by atoms with Crippen molar-refractivity contribution in [1.29, 1.82) is 0 Å². The highest BCUT2D eigenvalue weighted by Gasteiger charge is 2.72. The summed E-state index contributed by atoms with van der Waals surface area (Å²) in [5.74, 6) is -0.151. The van der Waals surface area contributed by atoms with Gasteiger partial charge in [0.2, 0.25) is 0 Å². The molecule has 382 valence electrons. The topological polar surface area (TPSA) is 298 Å². The zero-order valence-corrected chi connectivity index (χ0v) is 40.0. The van der Waals surface area contributed by atoms with E-state index >= 15 is 0 Å². The van der Waals surface area contributed by atoms with Crippen molar-refractivity contribution in [2.24, 2.45) is 45.3 Å². The first-order chi connectivity index (χ1) is 30.8. The molecule has 4 aliphatic carbocycles. The molecule has 25 atom stereocenters. The van der Waals surface area contributed by atoms with Crippen molar-refractivity contribution in [3.8, 4) is 0 Å². The predicted octanol–water partition coefficient (Wildman–Crippen LogP) is -0.0268. The Labute approximate surface area is 388 Å². The van der Waals surface area contributed by atoms with Gasteiger partial charge >= 0.3 is 0 Å². The van der Waals surface area contributed by atoms with Gasteiger partial charge in [0.1, 0.15) is 73.2 Å². The second-order valence-electron chi connectivity index (χ2n) is 22.9. The molecule has 0 aromatic carbocycles. The first-order valence-corrected chi connectivity index (χ1v) is 24.4. The van der Waals surface area contributed by atoms with E-state index < -0.39 is 135 Å². The van der Waals surface area contributed by atoms with Crippen LogP contribution >= 0.6 is 0 Å². The fourth-order valence-electron chi connectivity index (χ4n) is 14.9. The van der Waals surface area contributed by atoms with Crippen molar-refractivity contribution < 1.29 is 89.7 Å². The van der Waals surface area contributed by atoms with E-state index in [4.69, 9.17) is 28.4 Å². The lowest BCUT2D eigenvalue weighted by Gasteiger charge is -2.71. The molecule has 0 bridgehead atoms. The molecule has 7 rings (SSSR count). The van der Waals surface area contributed by atoms with E-state index in [-0.39, 0.29) is 39.9 Å². The summed E-state index contributed by atoms with van der Waals surface area (Å²) in [6.07, 6.45) is -15.4. The van der Waals surface area contributed by atoms with Crippen molar-refractivity contribution in [1.82, 2.24) is 0 Å². The van der Waals surface area contributed by atoms with E-state index in [1.54, 1.807) is 0 Å². The average Bonchev–Trinajstić information content (AvgIpc) is 3.65. The molecule has 12 N–H and O–H groups in total. The van der Waals surface area contributed by atoms with Crippen LogP contribution in [0.4, 0.5) is 0 Å². The minimum Gasteiger partial charge on any atom is -0.394 e. The third-order valence-corrected chi connectivity index (χ3v) is 18.8. The van der Waals surface area contributed by atoms with Crippen LogP contribution in [0.1, 0.15) is 113 Å². The molecule has 66 heavy (non-hydrogen) atoms. The molecule has 0 aromatic rings. The Morgan fingerprint density at radius 3 is 1.71 bits per heavy atom. The number of hydrogen-bond acceptors (Lipinski definition) is 18. The number of fused-ring (bicyclic) bond motifs is 5. The number of hydrogen-bond donors (Lipinski definition) is 12. The fourth-order valence-corrected chi connectivity index (χ4v) is 14.9. The van der Waals surface area contributed by atoms with Gasteiger partial charge in [-0.25, -0.2) is 0 Å². The molecule has 18 nitrogen and oxygen atoms in total. The van der Waals surface area contributed by atoms with Gasteiger partial charge in [-0.05, 0) is 124 Å². The SMILES string of the molecule is CC(C)=CCC[C@](C)(O[C@@H]1O[C@H](CO)[C@@H](O)[C@H](O)[C@H]1O)[C@H]1CC[C@]2(C)[C@@H]1[C@H](O)C[C@@H]1[C@@]3(C)CC[C@H](OC4O[C@H](CO)[C@@H](O)[C@H](O)[C@H]4O[C@@H]4O[C@H](CO)[C@@H](O)[C@H](O)[C@H]4O)C(C)(C)[C@@H]3CC[C@]12C. The highest BCUT2D eigenvalue weighted by Crippen LogP contribution is 2.76. The number of allylic oxidation sites excluding steroid dienone is 2. The van der Waals surface area contributed by atoms with Crippen molar-refractivity contribution >= 4 is 0 Å². The van der Waals surface area contributed by atoms with Gasteiger partial charge in [0, 0.05) is 0 Å². The van der Waals surface area contributed by atoms with Crippen molar-refractivity contribution in [3.05, 3.63) is 11.6 Å². The first kappa shape index (κ1) is 52.8. The van der Waals surface area contributed by atoms with Crippen molar-refractivity contribution in [3.63, 3.8) is 0 Å². The van der Waals surface area contributed by atoms with Crippen LogP contribution in [0.3, 0.4) is 0 Å². The van der Waals surface area contributed by atoms with Gasteiger partial charge < -0.3 is 89.7 Å². The average molecular weight is 947 g/mol. The van der Waals surface area contributed by atoms with Crippen LogP contribution in [0.15, 0.2) is 11.6 Å². The molecule has 7 aliphatic rings. The van der Waals surface area contributed by atoms with Crippen LogP contribution in [0.5, 0.6) is 0 Å². The second-order valence-corrected chi connectivity index (χ2v) is 22.9. The molecule has 7 fully saturated rings. The Bertz CT molecular complexity index is 1680. The summed E-state index contributed by atoms with van der Waals surface area (Å²) in [4.78, 5) is 0. The standard InChI is InChI=1S/C48H82O18/c1-22(2)10-9-14-48(8,66-42-39(60)36(57)33(54)26(20-50)62-42)23-11-16-47(7)31(23)24(52)18-29-45(5)15-13-30(44(3,4)28(45)12-17-46(29,47)6)64-43-40(37(58)34(55)27(21-51)63-43)65-41-38(59)35(56)32(53)25(19-49)61-41/h10,23-43,49-60H,9,11-21H2,1-8H3/t23-,24+,25+,26+,27+,28-,29+,30-,31-,32+,33+,34+,35-,36-,37-,38+,39+,40+,41-,42-,43?,45-,46+,47+,48-/m0/s1. The van der Waals surface area contributed by atoms with Crippen LogP contribution in [-0.2, 0) is 28.4 Å². The van der Waals surface area contributed by atoms with E-state index in [0.717, 1.165) is 37.7 Å². The third-order valence-electron chi connectivity index (χ3n) is 18.8. The summed E-state index contributed by atoms with van der Waals surface area (Å²) in [6.45, 7) is 15.5. The van der Waals surface area contributed by atoms with Gasteiger partial charge in [0.05, 0.1) is 37.6 Å². The molecule has 0 amide bonds. The molecule has 3 saturated heterocycles. The van der Waals surface area contributed by atoms with E-state index in [1.165, 1.54) is 0 Å². The van der Waals surface area contributed by atoms with Gasteiger partial charge in [-0.15, -0.1) is 0 Å². The molecule has 0 aromatic heterocycles. The largest absolute Gasteiger partial charge is 0.394 e. The highest BCUT2D eigenvalue weighted by atomic mass is 16.8. The van der Waals surface area contributed by atoms with Crippen LogP contribution in [0.25, 0.3) is 0 Å². The van der Waals surface area contributed by atoms with Crippen LogP contribution in [-0.4, -0.2) is 191 Å². The Balaban J connectivity index is 1.13. The molecule has 1 unspecified atom stereocenters. The molecule has 0 radical (unpaired) electrons. The minimum atomic E-state index is -1.79. The Morgan fingerprint density at radius 2 is 1.14 bits per heavy atom.